The van der Waals surface area contributed by atoms with Gasteiger partial charge in [-0.1, -0.05) is 24.6 Å². The van der Waals surface area contributed by atoms with Gasteiger partial charge < -0.3 is 10.0 Å². The van der Waals surface area contributed by atoms with Crippen LogP contribution in [0.2, 0.25) is 5.02 Å². The lowest BCUT2D eigenvalue weighted by atomic mass is 9.94. The molecule has 2 rings (SSSR count). The Morgan fingerprint density at radius 3 is 2.67 bits per heavy atom. The van der Waals surface area contributed by atoms with E-state index in [-0.39, 0.29) is 5.83 Å². The van der Waals surface area contributed by atoms with Crippen LogP contribution in [0.5, 0.6) is 0 Å². The number of aryl methyl sites for hydroxylation is 1. The first-order valence-electron chi connectivity index (χ1n) is 9.32. The number of carboxylic acid groups (broad SMARTS) is 1. The number of carboxylic acids is 1. The van der Waals surface area contributed by atoms with Crippen LogP contribution in [0.25, 0.3) is 5.57 Å². The van der Waals surface area contributed by atoms with E-state index in [1.54, 1.807) is 6.92 Å². The van der Waals surface area contributed by atoms with Crippen LogP contribution >= 0.6 is 11.6 Å². The van der Waals surface area contributed by atoms with E-state index >= 15 is 0 Å². The van der Waals surface area contributed by atoms with Gasteiger partial charge in [-0.25, -0.2) is 9.18 Å². The number of anilines is 1. The van der Waals surface area contributed by atoms with Crippen LogP contribution in [0.1, 0.15) is 51.7 Å². The first-order valence-corrected chi connectivity index (χ1v) is 9.69. The van der Waals surface area contributed by atoms with Crippen molar-refractivity contribution in [2.24, 2.45) is 0 Å². The predicted molar refractivity (Wildman–Crippen MR) is 111 cm³/mol. The summed E-state index contributed by atoms with van der Waals surface area (Å²) in [4.78, 5) is 13.0. The molecular weight excluding hydrogens is 365 g/mol. The smallest absolute Gasteiger partial charge is 0.328 e. The molecule has 1 aliphatic rings. The van der Waals surface area contributed by atoms with Gasteiger partial charge in [0.15, 0.2) is 0 Å². The number of hydrogen-bond acceptors (Lipinski definition) is 2. The molecule has 1 aromatic carbocycles. The second kappa shape index (κ2) is 9.23. The fraction of sp³-hybridized carbons (Fsp3) is 0.409. The van der Waals surface area contributed by atoms with E-state index in [0.29, 0.717) is 28.6 Å². The summed E-state index contributed by atoms with van der Waals surface area (Å²) in [7, 11) is 0. The maximum absolute atomic E-state index is 14.8. The van der Waals surface area contributed by atoms with E-state index in [9.17, 15) is 9.18 Å². The highest BCUT2D eigenvalue weighted by Gasteiger charge is 2.23. The SMILES string of the molecule is CCC(=C(F)C=CC(C)=CC(=O)O)c1cc(Cl)c2c(c1)CCCN2C(C)C. The van der Waals surface area contributed by atoms with Crippen molar-refractivity contribution in [1.29, 1.82) is 0 Å². The Morgan fingerprint density at radius 2 is 2.07 bits per heavy atom. The van der Waals surface area contributed by atoms with Gasteiger partial charge in [-0.05, 0) is 80.5 Å². The van der Waals surface area contributed by atoms with Gasteiger partial charge in [-0.2, -0.15) is 0 Å². The molecule has 0 atom stereocenters. The highest BCUT2D eigenvalue weighted by atomic mass is 35.5. The molecule has 0 bridgehead atoms. The average molecular weight is 392 g/mol. The monoisotopic (exact) mass is 391 g/mol. The second-order valence-corrected chi connectivity index (χ2v) is 7.50. The molecule has 5 heteroatoms. The van der Waals surface area contributed by atoms with Gasteiger partial charge in [0.2, 0.25) is 0 Å². The molecule has 27 heavy (non-hydrogen) atoms. The summed E-state index contributed by atoms with van der Waals surface area (Å²) in [6.45, 7) is 8.80. The molecule has 1 aliphatic heterocycles. The van der Waals surface area contributed by atoms with Gasteiger partial charge >= 0.3 is 5.97 Å². The van der Waals surface area contributed by atoms with Crippen molar-refractivity contribution in [1.82, 2.24) is 0 Å². The summed E-state index contributed by atoms with van der Waals surface area (Å²) in [5.74, 6) is -1.42. The summed E-state index contributed by atoms with van der Waals surface area (Å²) in [6, 6.07) is 4.24. The van der Waals surface area contributed by atoms with E-state index in [0.717, 1.165) is 42.3 Å². The van der Waals surface area contributed by atoms with E-state index in [1.807, 2.05) is 19.1 Å². The minimum absolute atomic E-state index is 0.359. The molecule has 1 aromatic rings. The molecule has 0 fully saturated rings. The van der Waals surface area contributed by atoms with Crippen LogP contribution in [-0.4, -0.2) is 23.7 Å². The minimum atomic E-state index is -1.05. The average Bonchev–Trinajstić information content (AvgIpc) is 2.59. The van der Waals surface area contributed by atoms with Crippen molar-refractivity contribution in [2.45, 2.75) is 53.0 Å². The molecule has 1 N–H and O–H groups in total. The normalized spacial score (nSPS) is 16.0. The predicted octanol–water partition coefficient (Wildman–Crippen LogP) is 6.18. The number of fused-ring (bicyclic) bond motifs is 1. The number of aliphatic carboxylic acids is 1. The standard InChI is InChI=1S/C22H27ClFNO2/c1-5-18(20(24)9-8-15(4)11-21(26)27)17-12-16-7-6-10-25(14(2)3)22(16)19(23)13-17/h8-9,11-14H,5-7,10H2,1-4H3,(H,26,27). The Bertz CT molecular complexity index is 809. The first kappa shape index (κ1) is 21.2. The molecule has 0 saturated carbocycles. The lowest BCUT2D eigenvalue weighted by Gasteiger charge is -2.35. The van der Waals surface area contributed by atoms with E-state index in [2.05, 4.69) is 18.7 Å². The summed E-state index contributed by atoms with van der Waals surface area (Å²) < 4.78 is 14.8. The second-order valence-electron chi connectivity index (χ2n) is 7.10. The van der Waals surface area contributed by atoms with Crippen molar-refractivity contribution >= 4 is 28.8 Å². The largest absolute Gasteiger partial charge is 0.478 e. The quantitative estimate of drug-likeness (QED) is 0.465. The molecule has 0 spiro atoms. The van der Waals surface area contributed by atoms with Gasteiger partial charge in [0.25, 0.3) is 0 Å². The number of carbonyl (C=O) groups is 1. The fourth-order valence-corrected chi connectivity index (χ4v) is 3.82. The molecular formula is C22H27ClFNO2. The molecule has 0 aliphatic carbocycles. The third-order valence-electron chi connectivity index (χ3n) is 4.73. The lowest BCUT2D eigenvalue weighted by Crippen LogP contribution is -2.35. The van der Waals surface area contributed by atoms with Crippen molar-refractivity contribution in [3.63, 3.8) is 0 Å². The Hall–Kier alpha value is -2.07. The number of allylic oxidation sites excluding steroid dienone is 5. The maximum Gasteiger partial charge on any atom is 0.328 e. The topological polar surface area (TPSA) is 40.5 Å². The third kappa shape index (κ3) is 5.23. The van der Waals surface area contributed by atoms with Crippen molar-refractivity contribution in [3.8, 4) is 0 Å². The Labute approximate surface area is 165 Å². The number of halogens is 2. The zero-order valence-corrected chi connectivity index (χ0v) is 17.1. The van der Waals surface area contributed by atoms with Crippen molar-refractivity contribution in [3.05, 3.63) is 57.9 Å². The number of hydrogen-bond donors (Lipinski definition) is 1. The Balaban J connectivity index is 2.44. The van der Waals surface area contributed by atoms with Crippen LogP contribution in [0.15, 0.2) is 41.8 Å². The van der Waals surface area contributed by atoms with Gasteiger partial charge in [0, 0.05) is 18.7 Å². The van der Waals surface area contributed by atoms with Crippen LogP contribution in [0, 0.1) is 0 Å². The van der Waals surface area contributed by atoms with Crippen molar-refractivity contribution < 1.29 is 14.3 Å². The Morgan fingerprint density at radius 1 is 1.37 bits per heavy atom. The van der Waals surface area contributed by atoms with Crippen LogP contribution < -0.4 is 4.90 Å². The van der Waals surface area contributed by atoms with Crippen LogP contribution in [0.4, 0.5) is 10.1 Å². The summed E-state index contributed by atoms with van der Waals surface area (Å²) in [6.07, 6.45) is 6.34. The van der Waals surface area contributed by atoms with Crippen LogP contribution in [0.3, 0.4) is 0 Å². The van der Waals surface area contributed by atoms with Gasteiger partial charge in [-0.3, -0.25) is 0 Å². The highest BCUT2D eigenvalue weighted by molar-refractivity contribution is 6.33. The summed E-state index contributed by atoms with van der Waals surface area (Å²) in [5.41, 5.74) is 4.05. The van der Waals surface area contributed by atoms with E-state index < -0.39 is 5.97 Å². The number of benzene rings is 1. The zero-order valence-electron chi connectivity index (χ0n) is 16.4. The van der Waals surface area contributed by atoms with Crippen molar-refractivity contribution in [2.75, 3.05) is 11.4 Å². The molecule has 0 saturated heterocycles. The molecule has 0 unspecified atom stereocenters. The fourth-order valence-electron chi connectivity index (χ4n) is 3.47. The maximum atomic E-state index is 14.8. The van der Waals surface area contributed by atoms with Gasteiger partial charge in [0.05, 0.1) is 10.7 Å². The minimum Gasteiger partial charge on any atom is -0.478 e. The molecule has 0 aromatic heterocycles. The summed E-state index contributed by atoms with van der Waals surface area (Å²) >= 11 is 6.60. The van der Waals surface area contributed by atoms with Crippen LogP contribution in [-0.2, 0) is 11.2 Å². The molecule has 0 amide bonds. The number of rotatable bonds is 6. The Kier molecular flexibility index (Phi) is 7.25. The molecule has 3 nitrogen and oxygen atoms in total. The molecule has 1 heterocycles. The molecule has 0 radical (unpaired) electrons. The van der Waals surface area contributed by atoms with Gasteiger partial charge in [-0.15, -0.1) is 0 Å². The van der Waals surface area contributed by atoms with E-state index in [4.69, 9.17) is 16.7 Å². The molecule has 146 valence electrons. The first-order chi connectivity index (χ1) is 12.7. The van der Waals surface area contributed by atoms with Gasteiger partial charge in [0.1, 0.15) is 5.83 Å². The number of nitrogens with zero attached hydrogens (tertiary/aromatic N) is 1. The third-order valence-corrected chi connectivity index (χ3v) is 5.02. The summed E-state index contributed by atoms with van der Waals surface area (Å²) in [5, 5.41) is 9.40. The van der Waals surface area contributed by atoms with E-state index in [1.165, 1.54) is 12.2 Å². The zero-order chi connectivity index (χ0) is 20.1. The lowest BCUT2D eigenvalue weighted by molar-refractivity contribution is -0.131. The highest BCUT2D eigenvalue weighted by Crippen LogP contribution is 2.39.